The summed E-state index contributed by atoms with van der Waals surface area (Å²) in [5, 5.41) is 12.3. The van der Waals surface area contributed by atoms with Crippen LogP contribution in [-0.4, -0.2) is 23.2 Å². The normalized spacial score (nSPS) is 10.6. The highest BCUT2D eigenvalue weighted by molar-refractivity contribution is 5.23. The first kappa shape index (κ1) is 13.7. The summed E-state index contributed by atoms with van der Waals surface area (Å²) in [5.41, 5.74) is 3.56. The first-order valence-electron chi connectivity index (χ1n) is 6.68. The number of aliphatic hydroxyl groups excluding tert-OH is 1. The number of benzene rings is 1. The van der Waals surface area contributed by atoms with E-state index in [0.29, 0.717) is 0 Å². The van der Waals surface area contributed by atoms with Crippen LogP contribution in [0.5, 0.6) is 0 Å². The standard InChI is InChI=1S/C16H20N2O/c19-11-8-14-4-3-5-15(12-14)13-17-10-7-16-6-1-2-9-18-16/h1-6,9,12,17,19H,7-8,10-11,13H2. The average Bonchev–Trinajstić information content (AvgIpc) is 2.46. The zero-order valence-corrected chi connectivity index (χ0v) is 11.0. The molecule has 3 nitrogen and oxygen atoms in total. The molecule has 0 fully saturated rings. The molecule has 1 aromatic heterocycles. The number of nitrogens with one attached hydrogen (secondary N) is 1. The molecule has 100 valence electrons. The Kier molecular flexibility index (Phi) is 5.53. The van der Waals surface area contributed by atoms with Crippen LogP contribution in [0.25, 0.3) is 0 Å². The summed E-state index contributed by atoms with van der Waals surface area (Å²) in [6.45, 7) is 1.98. The maximum absolute atomic E-state index is 8.93. The maximum atomic E-state index is 8.93. The van der Waals surface area contributed by atoms with Gasteiger partial charge in [-0.2, -0.15) is 0 Å². The van der Waals surface area contributed by atoms with Gasteiger partial charge in [-0.1, -0.05) is 30.3 Å². The van der Waals surface area contributed by atoms with Gasteiger partial charge in [0.1, 0.15) is 0 Å². The summed E-state index contributed by atoms with van der Waals surface area (Å²) < 4.78 is 0. The number of aromatic nitrogens is 1. The second-order valence-corrected chi connectivity index (χ2v) is 4.54. The third-order valence-corrected chi connectivity index (χ3v) is 3.01. The molecule has 0 aliphatic carbocycles. The summed E-state index contributed by atoms with van der Waals surface area (Å²) in [6.07, 6.45) is 3.49. The van der Waals surface area contributed by atoms with Crippen molar-refractivity contribution in [1.82, 2.24) is 10.3 Å². The number of hydrogen-bond donors (Lipinski definition) is 2. The minimum absolute atomic E-state index is 0.205. The zero-order chi connectivity index (χ0) is 13.3. The molecule has 2 rings (SSSR count). The molecule has 1 heterocycles. The van der Waals surface area contributed by atoms with E-state index in [0.717, 1.165) is 31.6 Å². The SMILES string of the molecule is OCCc1cccc(CNCCc2ccccn2)c1. The van der Waals surface area contributed by atoms with Crippen molar-refractivity contribution < 1.29 is 5.11 Å². The van der Waals surface area contributed by atoms with Crippen molar-refractivity contribution in [3.8, 4) is 0 Å². The molecule has 0 saturated heterocycles. The average molecular weight is 256 g/mol. The van der Waals surface area contributed by atoms with Crippen molar-refractivity contribution in [1.29, 1.82) is 0 Å². The fraction of sp³-hybridized carbons (Fsp3) is 0.312. The van der Waals surface area contributed by atoms with E-state index < -0.39 is 0 Å². The fourth-order valence-electron chi connectivity index (χ4n) is 2.02. The Morgan fingerprint density at radius 3 is 2.68 bits per heavy atom. The van der Waals surface area contributed by atoms with Crippen LogP contribution in [0, 0.1) is 0 Å². The molecule has 0 aliphatic heterocycles. The first-order chi connectivity index (χ1) is 9.38. The number of pyridine rings is 1. The van der Waals surface area contributed by atoms with Gasteiger partial charge in [-0.15, -0.1) is 0 Å². The van der Waals surface area contributed by atoms with E-state index >= 15 is 0 Å². The van der Waals surface area contributed by atoms with Gasteiger partial charge < -0.3 is 10.4 Å². The Balaban J connectivity index is 1.75. The van der Waals surface area contributed by atoms with Gasteiger partial charge in [0.25, 0.3) is 0 Å². The van der Waals surface area contributed by atoms with Crippen LogP contribution in [0.4, 0.5) is 0 Å². The summed E-state index contributed by atoms with van der Waals surface area (Å²) in [6, 6.07) is 14.3. The highest BCUT2D eigenvalue weighted by Crippen LogP contribution is 2.05. The third-order valence-electron chi connectivity index (χ3n) is 3.01. The molecule has 0 saturated carbocycles. The number of aliphatic hydroxyl groups is 1. The molecule has 0 unspecified atom stereocenters. The molecule has 0 spiro atoms. The van der Waals surface area contributed by atoms with Crippen molar-refractivity contribution in [2.75, 3.05) is 13.2 Å². The Hall–Kier alpha value is -1.71. The largest absolute Gasteiger partial charge is 0.396 e. The lowest BCUT2D eigenvalue weighted by Crippen LogP contribution is -2.17. The minimum atomic E-state index is 0.205. The third kappa shape index (κ3) is 4.81. The van der Waals surface area contributed by atoms with Gasteiger partial charge >= 0.3 is 0 Å². The van der Waals surface area contributed by atoms with E-state index in [-0.39, 0.29) is 6.61 Å². The number of nitrogens with zero attached hydrogens (tertiary/aromatic N) is 1. The summed E-state index contributed by atoms with van der Waals surface area (Å²) in [5.74, 6) is 0. The van der Waals surface area contributed by atoms with Gasteiger partial charge in [0.2, 0.25) is 0 Å². The molecule has 0 atom stereocenters. The molecule has 0 amide bonds. The van der Waals surface area contributed by atoms with E-state index in [2.05, 4.69) is 22.4 Å². The quantitative estimate of drug-likeness (QED) is 0.744. The van der Waals surface area contributed by atoms with Crippen molar-refractivity contribution in [3.63, 3.8) is 0 Å². The molecule has 0 aliphatic rings. The second kappa shape index (κ2) is 7.67. The summed E-state index contributed by atoms with van der Waals surface area (Å²) in [7, 11) is 0. The predicted molar refractivity (Wildman–Crippen MR) is 76.9 cm³/mol. The highest BCUT2D eigenvalue weighted by atomic mass is 16.2. The molecule has 0 radical (unpaired) electrons. The van der Waals surface area contributed by atoms with Crippen molar-refractivity contribution in [2.45, 2.75) is 19.4 Å². The number of hydrogen-bond acceptors (Lipinski definition) is 3. The lowest BCUT2D eigenvalue weighted by atomic mass is 10.1. The lowest BCUT2D eigenvalue weighted by Gasteiger charge is -2.06. The lowest BCUT2D eigenvalue weighted by molar-refractivity contribution is 0.299. The van der Waals surface area contributed by atoms with Gasteiger partial charge in [0.05, 0.1) is 0 Å². The van der Waals surface area contributed by atoms with Gasteiger partial charge in [-0.3, -0.25) is 4.98 Å². The molecule has 19 heavy (non-hydrogen) atoms. The molecular weight excluding hydrogens is 236 g/mol. The van der Waals surface area contributed by atoms with E-state index in [1.165, 1.54) is 11.1 Å². The summed E-state index contributed by atoms with van der Waals surface area (Å²) >= 11 is 0. The van der Waals surface area contributed by atoms with E-state index in [4.69, 9.17) is 5.11 Å². The fourth-order valence-corrected chi connectivity index (χ4v) is 2.02. The van der Waals surface area contributed by atoms with Gasteiger partial charge in [0.15, 0.2) is 0 Å². The first-order valence-corrected chi connectivity index (χ1v) is 6.68. The van der Waals surface area contributed by atoms with Crippen molar-refractivity contribution in [3.05, 3.63) is 65.5 Å². The summed E-state index contributed by atoms with van der Waals surface area (Å²) in [4.78, 5) is 4.29. The Morgan fingerprint density at radius 1 is 1.00 bits per heavy atom. The van der Waals surface area contributed by atoms with E-state index in [9.17, 15) is 0 Å². The predicted octanol–water partition coefficient (Wildman–Crippen LogP) is 1.95. The van der Waals surface area contributed by atoms with Crippen LogP contribution in [0.2, 0.25) is 0 Å². The molecule has 3 heteroatoms. The second-order valence-electron chi connectivity index (χ2n) is 4.54. The smallest absolute Gasteiger partial charge is 0.0471 e. The van der Waals surface area contributed by atoms with Crippen LogP contribution in [0.3, 0.4) is 0 Å². The van der Waals surface area contributed by atoms with Crippen LogP contribution < -0.4 is 5.32 Å². The zero-order valence-electron chi connectivity index (χ0n) is 11.0. The van der Waals surface area contributed by atoms with E-state index in [1.54, 1.807) is 0 Å². The molecule has 1 aromatic carbocycles. The number of rotatable bonds is 7. The Morgan fingerprint density at radius 2 is 1.89 bits per heavy atom. The van der Waals surface area contributed by atoms with Crippen LogP contribution in [0.1, 0.15) is 16.8 Å². The topological polar surface area (TPSA) is 45.1 Å². The van der Waals surface area contributed by atoms with Gasteiger partial charge in [-0.25, -0.2) is 0 Å². The van der Waals surface area contributed by atoms with Crippen LogP contribution in [-0.2, 0) is 19.4 Å². The molecule has 2 aromatic rings. The monoisotopic (exact) mass is 256 g/mol. The highest BCUT2D eigenvalue weighted by Gasteiger charge is 1.97. The van der Waals surface area contributed by atoms with E-state index in [1.807, 2.05) is 36.5 Å². The minimum Gasteiger partial charge on any atom is -0.396 e. The molecule has 2 N–H and O–H groups in total. The van der Waals surface area contributed by atoms with Crippen LogP contribution in [0.15, 0.2) is 48.7 Å². The Bertz CT molecular complexity index is 485. The van der Waals surface area contributed by atoms with Gasteiger partial charge in [0, 0.05) is 38.0 Å². The molecule has 0 bridgehead atoms. The van der Waals surface area contributed by atoms with Gasteiger partial charge in [-0.05, 0) is 29.7 Å². The van der Waals surface area contributed by atoms with Crippen molar-refractivity contribution in [2.24, 2.45) is 0 Å². The Labute approximate surface area is 114 Å². The maximum Gasteiger partial charge on any atom is 0.0471 e. The molecular formula is C16H20N2O. The van der Waals surface area contributed by atoms with Crippen molar-refractivity contribution >= 4 is 0 Å². The van der Waals surface area contributed by atoms with Crippen LogP contribution >= 0.6 is 0 Å².